The molecule has 0 aromatic heterocycles. The van der Waals surface area contributed by atoms with Crippen molar-refractivity contribution in [3.63, 3.8) is 0 Å². The van der Waals surface area contributed by atoms with E-state index in [1.165, 1.54) is 5.56 Å². The van der Waals surface area contributed by atoms with Crippen LogP contribution in [0.15, 0.2) is 18.2 Å². The van der Waals surface area contributed by atoms with Crippen LogP contribution in [-0.2, 0) is 5.41 Å². The van der Waals surface area contributed by atoms with Gasteiger partial charge < -0.3 is 15.4 Å². The zero-order valence-corrected chi connectivity index (χ0v) is 13.0. The average Bonchev–Trinajstić information content (AvgIpc) is 3.11. The summed E-state index contributed by atoms with van der Waals surface area (Å²) in [5, 5.41) is 0.712. The first-order valence-electron chi connectivity index (χ1n) is 7.42. The second-order valence-corrected chi connectivity index (χ2v) is 6.79. The second-order valence-electron chi connectivity index (χ2n) is 6.38. The maximum absolute atomic E-state index is 6.40. The maximum Gasteiger partial charge on any atom is 0.138 e. The van der Waals surface area contributed by atoms with Gasteiger partial charge in [0.2, 0.25) is 0 Å². The van der Waals surface area contributed by atoms with Crippen molar-refractivity contribution >= 4 is 11.6 Å². The summed E-state index contributed by atoms with van der Waals surface area (Å²) in [6.45, 7) is 4.15. The fraction of sp³-hybridized carbons (Fsp3) is 0.625. The van der Waals surface area contributed by atoms with Gasteiger partial charge in [-0.05, 0) is 50.9 Å². The van der Waals surface area contributed by atoms with Crippen LogP contribution in [-0.4, -0.2) is 37.2 Å². The smallest absolute Gasteiger partial charge is 0.138 e. The van der Waals surface area contributed by atoms with E-state index in [4.69, 9.17) is 22.1 Å². The quantitative estimate of drug-likeness (QED) is 0.928. The third-order valence-corrected chi connectivity index (χ3v) is 5.10. The van der Waals surface area contributed by atoms with Crippen LogP contribution in [0.5, 0.6) is 5.75 Å². The Morgan fingerprint density at radius 1 is 1.45 bits per heavy atom. The molecule has 1 aliphatic carbocycles. The van der Waals surface area contributed by atoms with Gasteiger partial charge in [0, 0.05) is 24.5 Å². The van der Waals surface area contributed by atoms with E-state index in [0.29, 0.717) is 5.02 Å². The molecule has 0 spiro atoms. The molecular formula is C16H23ClN2O. The van der Waals surface area contributed by atoms with Gasteiger partial charge in [-0.15, -0.1) is 0 Å². The van der Waals surface area contributed by atoms with E-state index in [9.17, 15) is 0 Å². The lowest BCUT2D eigenvalue weighted by Crippen LogP contribution is -2.31. The summed E-state index contributed by atoms with van der Waals surface area (Å²) in [5.74, 6) is 0.802. The van der Waals surface area contributed by atoms with Crippen LogP contribution < -0.4 is 10.5 Å². The average molecular weight is 295 g/mol. The molecule has 0 bridgehead atoms. The van der Waals surface area contributed by atoms with Crippen molar-refractivity contribution in [1.29, 1.82) is 0 Å². The summed E-state index contributed by atoms with van der Waals surface area (Å²) in [6.07, 6.45) is 3.65. The fourth-order valence-corrected chi connectivity index (χ4v) is 3.44. The van der Waals surface area contributed by atoms with Crippen molar-refractivity contribution in [2.45, 2.75) is 43.7 Å². The highest BCUT2D eigenvalue weighted by Crippen LogP contribution is 2.51. The number of halogens is 1. The van der Waals surface area contributed by atoms with Gasteiger partial charge in [-0.25, -0.2) is 0 Å². The second kappa shape index (κ2) is 5.21. The first-order valence-corrected chi connectivity index (χ1v) is 7.80. The summed E-state index contributed by atoms with van der Waals surface area (Å²) >= 11 is 6.40. The lowest BCUT2D eigenvalue weighted by Gasteiger charge is -2.22. The van der Waals surface area contributed by atoms with Crippen LogP contribution in [0.1, 0.15) is 31.7 Å². The Labute approximate surface area is 126 Å². The minimum absolute atomic E-state index is 0.149. The Morgan fingerprint density at radius 3 is 2.70 bits per heavy atom. The molecule has 3 nitrogen and oxygen atoms in total. The largest absolute Gasteiger partial charge is 0.487 e. The van der Waals surface area contributed by atoms with E-state index in [2.05, 4.69) is 24.9 Å². The van der Waals surface area contributed by atoms with E-state index in [1.807, 2.05) is 12.1 Å². The molecule has 1 heterocycles. The molecule has 0 radical (unpaired) electrons. The normalized spacial score (nSPS) is 26.5. The van der Waals surface area contributed by atoms with Crippen LogP contribution in [0.25, 0.3) is 0 Å². The highest BCUT2D eigenvalue weighted by molar-refractivity contribution is 6.32. The first kappa shape index (κ1) is 14.2. The lowest BCUT2D eigenvalue weighted by molar-refractivity contribution is 0.208. The Morgan fingerprint density at radius 2 is 2.20 bits per heavy atom. The van der Waals surface area contributed by atoms with Crippen LogP contribution in [0.3, 0.4) is 0 Å². The molecule has 1 saturated heterocycles. The molecule has 0 amide bonds. The van der Waals surface area contributed by atoms with E-state index in [-0.39, 0.29) is 17.6 Å². The highest BCUT2D eigenvalue weighted by atomic mass is 35.5. The summed E-state index contributed by atoms with van der Waals surface area (Å²) in [7, 11) is 2.12. The minimum atomic E-state index is 0.149. The Kier molecular flexibility index (Phi) is 3.69. The molecule has 2 unspecified atom stereocenters. The zero-order chi connectivity index (χ0) is 14.3. The van der Waals surface area contributed by atoms with Gasteiger partial charge in [-0.3, -0.25) is 0 Å². The molecule has 3 rings (SSSR count). The molecule has 2 aliphatic rings. The summed E-state index contributed by atoms with van der Waals surface area (Å²) in [6, 6.07) is 6.37. The molecule has 4 heteroatoms. The third-order valence-electron chi connectivity index (χ3n) is 4.81. The van der Waals surface area contributed by atoms with Crippen molar-refractivity contribution in [2.24, 2.45) is 5.73 Å². The fourth-order valence-electron chi connectivity index (χ4n) is 3.22. The van der Waals surface area contributed by atoms with Gasteiger partial charge in [0.1, 0.15) is 11.9 Å². The molecule has 110 valence electrons. The predicted octanol–water partition coefficient (Wildman–Crippen LogP) is 2.80. The van der Waals surface area contributed by atoms with E-state index >= 15 is 0 Å². The van der Waals surface area contributed by atoms with Crippen molar-refractivity contribution in [2.75, 3.05) is 20.1 Å². The predicted molar refractivity (Wildman–Crippen MR) is 82.5 cm³/mol. The number of hydrogen-bond acceptors (Lipinski definition) is 3. The SMILES string of the molecule is CC(N)C1(c2ccc(OC3CCN(C)C3)c(Cl)c2)CC1. The third kappa shape index (κ3) is 2.54. The molecule has 2 fully saturated rings. The summed E-state index contributed by atoms with van der Waals surface area (Å²) in [5.41, 5.74) is 7.53. The van der Waals surface area contributed by atoms with Gasteiger partial charge in [0.15, 0.2) is 0 Å². The molecule has 2 N–H and O–H groups in total. The number of likely N-dealkylation sites (tertiary alicyclic amines) is 1. The molecular weight excluding hydrogens is 272 g/mol. The molecule has 1 aliphatic heterocycles. The highest BCUT2D eigenvalue weighted by Gasteiger charge is 2.47. The summed E-state index contributed by atoms with van der Waals surface area (Å²) in [4.78, 5) is 2.28. The molecule has 1 aromatic rings. The van der Waals surface area contributed by atoms with Gasteiger partial charge in [0.25, 0.3) is 0 Å². The van der Waals surface area contributed by atoms with E-state index in [1.54, 1.807) is 0 Å². The van der Waals surface area contributed by atoms with E-state index < -0.39 is 0 Å². The van der Waals surface area contributed by atoms with Crippen LogP contribution in [0, 0.1) is 0 Å². The van der Waals surface area contributed by atoms with Crippen LogP contribution in [0.2, 0.25) is 5.02 Å². The van der Waals surface area contributed by atoms with Gasteiger partial charge in [-0.2, -0.15) is 0 Å². The number of rotatable bonds is 4. The molecule has 20 heavy (non-hydrogen) atoms. The van der Waals surface area contributed by atoms with Crippen LogP contribution in [0.4, 0.5) is 0 Å². The van der Waals surface area contributed by atoms with Crippen LogP contribution >= 0.6 is 11.6 Å². The summed E-state index contributed by atoms with van der Waals surface area (Å²) < 4.78 is 6.02. The van der Waals surface area contributed by atoms with E-state index in [0.717, 1.165) is 38.1 Å². The minimum Gasteiger partial charge on any atom is -0.487 e. The Hall–Kier alpha value is -0.770. The number of nitrogens with zero attached hydrogens (tertiary/aromatic N) is 1. The lowest BCUT2D eigenvalue weighted by atomic mass is 9.89. The first-order chi connectivity index (χ1) is 9.51. The molecule has 2 atom stereocenters. The molecule has 1 aromatic carbocycles. The Bertz CT molecular complexity index is 499. The van der Waals surface area contributed by atoms with Crippen molar-refractivity contribution in [1.82, 2.24) is 4.90 Å². The maximum atomic E-state index is 6.40. The monoisotopic (exact) mass is 294 g/mol. The number of benzene rings is 1. The standard InChI is InChI=1S/C16H23ClN2O/c1-11(18)16(6-7-16)12-3-4-15(14(17)9-12)20-13-5-8-19(2)10-13/h3-4,9,11,13H,5-8,10,18H2,1-2H3. The van der Waals surface area contributed by atoms with Gasteiger partial charge in [-0.1, -0.05) is 17.7 Å². The number of likely N-dealkylation sites (N-methyl/N-ethyl adjacent to an activating group) is 1. The van der Waals surface area contributed by atoms with Gasteiger partial charge in [0.05, 0.1) is 5.02 Å². The topological polar surface area (TPSA) is 38.5 Å². The van der Waals surface area contributed by atoms with Gasteiger partial charge >= 0.3 is 0 Å². The number of hydrogen-bond donors (Lipinski definition) is 1. The number of nitrogens with two attached hydrogens (primary N) is 1. The van der Waals surface area contributed by atoms with Crippen molar-refractivity contribution in [3.05, 3.63) is 28.8 Å². The van der Waals surface area contributed by atoms with Crippen molar-refractivity contribution < 1.29 is 4.74 Å². The Balaban J connectivity index is 1.75. The van der Waals surface area contributed by atoms with Crippen molar-refractivity contribution in [3.8, 4) is 5.75 Å². The zero-order valence-electron chi connectivity index (χ0n) is 12.2. The molecule has 1 saturated carbocycles. The number of ether oxygens (including phenoxy) is 1.